The minimum Gasteiger partial charge on any atom is -0.461 e. The molecule has 2 N–H and O–H groups in total. The van der Waals surface area contributed by atoms with Crippen LogP contribution in [0, 0.1) is 5.41 Å². The van der Waals surface area contributed by atoms with Gasteiger partial charge in [0.15, 0.2) is 5.78 Å². The summed E-state index contributed by atoms with van der Waals surface area (Å²) in [4.78, 5) is 40.2. The molecule has 1 aromatic rings. The van der Waals surface area contributed by atoms with Crippen LogP contribution in [0.5, 0.6) is 0 Å². The van der Waals surface area contributed by atoms with Gasteiger partial charge in [0.25, 0.3) is 0 Å². The number of nitrogens with zero attached hydrogens (tertiary/aromatic N) is 2. The fourth-order valence-electron chi connectivity index (χ4n) is 2.23. The molecular weight excluding hydrogens is 340 g/mol. The van der Waals surface area contributed by atoms with E-state index in [2.05, 4.69) is 10.3 Å². The fraction of sp³-hybridized carbons (Fsp3) is 0.588. The zero-order valence-electron chi connectivity index (χ0n) is 15.5. The zero-order valence-corrected chi connectivity index (χ0v) is 15.5. The summed E-state index contributed by atoms with van der Waals surface area (Å²) < 4.78 is 12.1. The van der Waals surface area contributed by atoms with Crippen LogP contribution in [0.2, 0.25) is 0 Å². The van der Waals surface area contributed by atoms with Gasteiger partial charge in [-0.25, -0.2) is 9.78 Å². The van der Waals surface area contributed by atoms with Crippen LogP contribution in [0.4, 0.5) is 0 Å². The molecule has 144 valence electrons. The smallest absolute Gasteiger partial charge is 0.328 e. The van der Waals surface area contributed by atoms with Crippen molar-refractivity contribution in [3.63, 3.8) is 0 Å². The number of nitrogens with one attached hydrogen (secondary N) is 2. The average Bonchev–Trinajstić information content (AvgIpc) is 3.00. The standard InChI is InChI=1S/C17H26N4O5/c1-11(2)26-17(24)14(6-5-13(22)8-18)20-16(23)15(25-4)7-12-9-21(3)10-19-12/h8-11,14-15,18H,5-7H2,1-4H3,(H,20,23)/t14-,15-/m0/s1. The van der Waals surface area contributed by atoms with E-state index in [0.717, 1.165) is 0 Å². The second kappa shape index (κ2) is 10.4. The first-order valence-electron chi connectivity index (χ1n) is 8.30. The molecule has 0 radical (unpaired) electrons. The quantitative estimate of drug-likeness (QED) is 0.432. The monoisotopic (exact) mass is 366 g/mol. The van der Waals surface area contributed by atoms with E-state index in [4.69, 9.17) is 14.9 Å². The summed E-state index contributed by atoms with van der Waals surface area (Å²) in [6, 6.07) is -0.991. The molecular formula is C17H26N4O5. The van der Waals surface area contributed by atoms with Gasteiger partial charge in [0.1, 0.15) is 12.1 Å². The van der Waals surface area contributed by atoms with Gasteiger partial charge in [0.05, 0.1) is 24.3 Å². The van der Waals surface area contributed by atoms with E-state index in [-0.39, 0.29) is 25.4 Å². The highest BCUT2D eigenvalue weighted by atomic mass is 16.5. The van der Waals surface area contributed by atoms with Gasteiger partial charge in [-0.1, -0.05) is 0 Å². The Morgan fingerprint density at radius 2 is 2.08 bits per heavy atom. The van der Waals surface area contributed by atoms with Crippen LogP contribution < -0.4 is 5.32 Å². The second-order valence-corrected chi connectivity index (χ2v) is 6.16. The Kier molecular flexibility index (Phi) is 8.63. The van der Waals surface area contributed by atoms with Crippen molar-refractivity contribution in [1.29, 1.82) is 5.41 Å². The molecule has 0 aliphatic carbocycles. The van der Waals surface area contributed by atoms with Gasteiger partial charge in [-0.05, 0) is 20.3 Å². The van der Waals surface area contributed by atoms with E-state index in [0.29, 0.717) is 11.9 Å². The van der Waals surface area contributed by atoms with E-state index < -0.39 is 29.8 Å². The molecule has 0 fully saturated rings. The Bertz CT molecular complexity index is 641. The van der Waals surface area contributed by atoms with Crippen LogP contribution >= 0.6 is 0 Å². The lowest BCUT2D eigenvalue weighted by Gasteiger charge is -2.21. The number of esters is 1. The minimum absolute atomic E-state index is 0.0421. The Morgan fingerprint density at radius 1 is 1.38 bits per heavy atom. The molecule has 1 heterocycles. The third kappa shape index (κ3) is 7.14. The number of carbonyl (C=O) groups is 3. The van der Waals surface area contributed by atoms with E-state index in [1.807, 2.05) is 7.05 Å². The average molecular weight is 366 g/mol. The van der Waals surface area contributed by atoms with Gasteiger partial charge in [0, 0.05) is 33.2 Å². The summed E-state index contributed by atoms with van der Waals surface area (Å²) in [7, 11) is 3.21. The third-order valence-electron chi connectivity index (χ3n) is 3.52. The molecule has 9 heteroatoms. The van der Waals surface area contributed by atoms with Crippen molar-refractivity contribution in [3.8, 4) is 0 Å². The number of hydrogen-bond acceptors (Lipinski definition) is 7. The van der Waals surface area contributed by atoms with Crippen LogP contribution in [0.3, 0.4) is 0 Å². The highest BCUT2D eigenvalue weighted by Crippen LogP contribution is 2.07. The van der Waals surface area contributed by atoms with Crippen LogP contribution in [0.25, 0.3) is 0 Å². The molecule has 0 saturated carbocycles. The van der Waals surface area contributed by atoms with E-state index in [1.54, 1.807) is 30.9 Å². The summed E-state index contributed by atoms with van der Waals surface area (Å²) in [6.45, 7) is 3.39. The van der Waals surface area contributed by atoms with Crippen molar-refractivity contribution in [1.82, 2.24) is 14.9 Å². The van der Waals surface area contributed by atoms with Gasteiger partial charge in [-0.15, -0.1) is 0 Å². The molecule has 9 nitrogen and oxygen atoms in total. The van der Waals surface area contributed by atoms with Crippen molar-refractivity contribution in [2.24, 2.45) is 7.05 Å². The van der Waals surface area contributed by atoms with Crippen LogP contribution in [0.1, 0.15) is 32.4 Å². The fourth-order valence-corrected chi connectivity index (χ4v) is 2.23. The minimum atomic E-state index is -0.991. The lowest BCUT2D eigenvalue weighted by molar-refractivity contribution is -0.152. The van der Waals surface area contributed by atoms with Crippen LogP contribution in [0.15, 0.2) is 12.5 Å². The number of rotatable bonds is 11. The molecule has 26 heavy (non-hydrogen) atoms. The SMILES string of the molecule is CO[C@@H](Cc1cn(C)cn1)C(=O)N[C@@H](CCC(=O)C=N)C(=O)OC(C)C. The number of Topliss-reactive ketones (excluding diaryl/α,β-unsaturated/α-hetero) is 1. The highest BCUT2D eigenvalue weighted by molar-refractivity contribution is 6.26. The summed E-state index contributed by atoms with van der Waals surface area (Å²) >= 11 is 0. The molecule has 1 rings (SSSR count). The second-order valence-electron chi connectivity index (χ2n) is 6.16. The highest BCUT2D eigenvalue weighted by Gasteiger charge is 2.28. The lowest BCUT2D eigenvalue weighted by atomic mass is 10.1. The third-order valence-corrected chi connectivity index (χ3v) is 3.52. The number of methoxy groups -OCH3 is 1. The maximum absolute atomic E-state index is 12.5. The molecule has 1 amide bonds. The topological polar surface area (TPSA) is 123 Å². The summed E-state index contributed by atoms with van der Waals surface area (Å²) in [5.74, 6) is -1.55. The maximum Gasteiger partial charge on any atom is 0.328 e. The summed E-state index contributed by atoms with van der Waals surface area (Å²) in [6.07, 6.45) is 3.13. The maximum atomic E-state index is 12.5. The molecule has 0 aromatic carbocycles. The van der Waals surface area contributed by atoms with Gasteiger partial charge >= 0.3 is 5.97 Å². The molecule has 0 unspecified atom stereocenters. The zero-order chi connectivity index (χ0) is 19.7. The molecule has 0 spiro atoms. The van der Waals surface area contributed by atoms with Crippen molar-refractivity contribution in [2.75, 3.05) is 7.11 Å². The number of amides is 1. The Balaban J connectivity index is 2.77. The Morgan fingerprint density at radius 3 is 2.58 bits per heavy atom. The van der Waals surface area contributed by atoms with Crippen molar-refractivity contribution in [2.45, 2.75) is 51.4 Å². The van der Waals surface area contributed by atoms with Crippen LogP contribution in [-0.2, 0) is 37.3 Å². The molecule has 0 aliphatic heterocycles. The number of ketones is 1. The number of ether oxygens (including phenoxy) is 2. The van der Waals surface area contributed by atoms with Crippen molar-refractivity contribution < 1.29 is 23.9 Å². The number of hydrogen-bond donors (Lipinski definition) is 2. The largest absolute Gasteiger partial charge is 0.461 e. The number of aryl methyl sites for hydroxylation is 1. The van der Waals surface area contributed by atoms with E-state index in [9.17, 15) is 14.4 Å². The Labute approximate surface area is 152 Å². The lowest BCUT2D eigenvalue weighted by Crippen LogP contribution is -2.48. The molecule has 2 atom stereocenters. The molecule has 0 saturated heterocycles. The molecule has 0 bridgehead atoms. The number of aromatic nitrogens is 2. The van der Waals surface area contributed by atoms with Crippen molar-refractivity contribution in [3.05, 3.63) is 18.2 Å². The van der Waals surface area contributed by atoms with Crippen molar-refractivity contribution >= 4 is 23.9 Å². The first-order valence-corrected chi connectivity index (χ1v) is 8.30. The predicted octanol–water partition coefficient (Wildman–Crippen LogP) is 0.413. The van der Waals surface area contributed by atoms with Crippen LogP contribution in [-0.4, -0.2) is 58.8 Å². The van der Waals surface area contributed by atoms with Gasteiger partial charge in [-0.2, -0.15) is 0 Å². The van der Waals surface area contributed by atoms with E-state index >= 15 is 0 Å². The van der Waals surface area contributed by atoms with Gasteiger partial charge in [-0.3, -0.25) is 9.59 Å². The molecule has 1 aromatic heterocycles. The van der Waals surface area contributed by atoms with E-state index in [1.165, 1.54) is 7.11 Å². The molecule has 0 aliphatic rings. The summed E-state index contributed by atoms with van der Waals surface area (Å²) in [5, 5.41) is 9.51. The van der Waals surface area contributed by atoms with Gasteiger partial charge < -0.3 is 24.8 Å². The normalized spacial score (nSPS) is 13.1. The first kappa shape index (κ1) is 21.5. The first-order chi connectivity index (χ1) is 12.3. The van der Waals surface area contributed by atoms with Gasteiger partial charge in [0.2, 0.25) is 5.91 Å². The number of imidazole rings is 1. The Hall–Kier alpha value is -2.55. The number of carbonyl (C=O) groups excluding carboxylic acids is 3. The predicted molar refractivity (Wildman–Crippen MR) is 93.9 cm³/mol. The summed E-state index contributed by atoms with van der Waals surface area (Å²) in [5.41, 5.74) is 0.676.